The molecule has 1 aliphatic carbocycles. The fourth-order valence-corrected chi connectivity index (χ4v) is 2.15. The van der Waals surface area contributed by atoms with Gasteiger partial charge in [0, 0.05) is 25.3 Å². The van der Waals surface area contributed by atoms with Crippen LogP contribution >= 0.6 is 0 Å². The predicted octanol–water partition coefficient (Wildman–Crippen LogP) is 2.71. The van der Waals surface area contributed by atoms with Crippen LogP contribution in [0.1, 0.15) is 32.3 Å². The maximum atomic E-state index is 5.21. The van der Waals surface area contributed by atoms with Crippen LogP contribution in [0.2, 0.25) is 0 Å². The minimum Gasteiger partial charge on any atom is -0.495 e. The number of methoxy groups -OCH3 is 1. The molecule has 0 spiro atoms. The van der Waals surface area contributed by atoms with Gasteiger partial charge in [-0.2, -0.15) is 0 Å². The third kappa shape index (κ3) is 3.70. The molecule has 0 N–H and O–H groups in total. The molecule has 1 fully saturated rings. The van der Waals surface area contributed by atoms with Crippen LogP contribution in [0.4, 0.5) is 0 Å². The van der Waals surface area contributed by atoms with E-state index in [-0.39, 0.29) is 0 Å². The van der Waals surface area contributed by atoms with Gasteiger partial charge in [0.05, 0.1) is 13.3 Å². The number of hydrogen-bond donors (Lipinski definition) is 0. The second-order valence-electron chi connectivity index (χ2n) is 5.29. The van der Waals surface area contributed by atoms with Crippen LogP contribution < -0.4 is 4.74 Å². The van der Waals surface area contributed by atoms with Crippen LogP contribution in [0.3, 0.4) is 0 Å². The van der Waals surface area contributed by atoms with Crippen LogP contribution in [0.5, 0.6) is 5.75 Å². The van der Waals surface area contributed by atoms with Crippen molar-refractivity contribution in [3.05, 3.63) is 24.0 Å². The largest absolute Gasteiger partial charge is 0.495 e. The smallest absolute Gasteiger partial charge is 0.137 e. The standard InChI is InChI=1S/C14H22N2O/c1-11(2)9-16(13-4-5-13)10-12-6-14(17-3)8-15-7-12/h6-8,11,13H,4-5,9-10H2,1-3H3. The van der Waals surface area contributed by atoms with Crippen molar-refractivity contribution in [2.45, 2.75) is 39.3 Å². The van der Waals surface area contributed by atoms with Gasteiger partial charge in [-0.05, 0) is 30.4 Å². The predicted molar refractivity (Wildman–Crippen MR) is 69.1 cm³/mol. The highest BCUT2D eigenvalue weighted by atomic mass is 16.5. The first-order valence-electron chi connectivity index (χ1n) is 6.41. The minimum absolute atomic E-state index is 0.717. The van der Waals surface area contributed by atoms with Crippen molar-refractivity contribution in [3.8, 4) is 5.75 Å². The molecule has 0 aromatic carbocycles. The van der Waals surface area contributed by atoms with E-state index >= 15 is 0 Å². The molecule has 1 saturated carbocycles. The fourth-order valence-electron chi connectivity index (χ4n) is 2.15. The highest BCUT2D eigenvalue weighted by Crippen LogP contribution is 2.29. The van der Waals surface area contributed by atoms with Crippen molar-refractivity contribution < 1.29 is 4.74 Å². The van der Waals surface area contributed by atoms with Gasteiger partial charge in [-0.1, -0.05) is 13.8 Å². The lowest BCUT2D eigenvalue weighted by atomic mass is 10.2. The summed E-state index contributed by atoms with van der Waals surface area (Å²) in [5.41, 5.74) is 1.25. The van der Waals surface area contributed by atoms with Crippen molar-refractivity contribution >= 4 is 0 Å². The topological polar surface area (TPSA) is 25.4 Å². The van der Waals surface area contributed by atoms with E-state index in [9.17, 15) is 0 Å². The lowest BCUT2D eigenvalue weighted by molar-refractivity contribution is 0.225. The zero-order chi connectivity index (χ0) is 12.3. The van der Waals surface area contributed by atoms with Crippen molar-refractivity contribution in [2.75, 3.05) is 13.7 Å². The lowest BCUT2D eigenvalue weighted by Gasteiger charge is -2.24. The van der Waals surface area contributed by atoms with E-state index in [0.29, 0.717) is 5.92 Å². The number of aromatic nitrogens is 1. The van der Waals surface area contributed by atoms with Crippen LogP contribution in [0.15, 0.2) is 18.5 Å². The van der Waals surface area contributed by atoms with Crippen LogP contribution in [0, 0.1) is 5.92 Å². The van der Waals surface area contributed by atoms with E-state index in [4.69, 9.17) is 4.74 Å². The molecule has 3 heteroatoms. The SMILES string of the molecule is COc1cncc(CN(CC(C)C)C2CC2)c1. The van der Waals surface area contributed by atoms with Gasteiger partial charge in [-0.3, -0.25) is 9.88 Å². The molecule has 0 unspecified atom stereocenters. The van der Waals surface area contributed by atoms with E-state index in [1.807, 2.05) is 6.20 Å². The van der Waals surface area contributed by atoms with E-state index in [1.165, 1.54) is 24.9 Å². The van der Waals surface area contributed by atoms with Gasteiger partial charge in [-0.15, -0.1) is 0 Å². The van der Waals surface area contributed by atoms with Crippen molar-refractivity contribution in [1.82, 2.24) is 9.88 Å². The van der Waals surface area contributed by atoms with Crippen LogP contribution in [-0.2, 0) is 6.54 Å². The summed E-state index contributed by atoms with van der Waals surface area (Å²) in [6.45, 7) is 6.72. The Morgan fingerprint density at radius 2 is 2.18 bits per heavy atom. The zero-order valence-electron chi connectivity index (χ0n) is 11.0. The molecule has 1 aromatic heterocycles. The first-order chi connectivity index (χ1) is 8.19. The first-order valence-corrected chi connectivity index (χ1v) is 6.41. The molecule has 1 aromatic rings. The minimum atomic E-state index is 0.717. The summed E-state index contributed by atoms with van der Waals surface area (Å²) in [6.07, 6.45) is 6.40. The molecule has 0 aliphatic heterocycles. The summed E-state index contributed by atoms with van der Waals surface area (Å²) < 4.78 is 5.21. The molecule has 94 valence electrons. The zero-order valence-corrected chi connectivity index (χ0v) is 11.0. The Labute approximate surface area is 104 Å². The Bertz CT molecular complexity index is 361. The van der Waals surface area contributed by atoms with Gasteiger partial charge in [0.1, 0.15) is 5.75 Å². The first kappa shape index (κ1) is 12.4. The lowest BCUT2D eigenvalue weighted by Crippen LogP contribution is -2.29. The molecular formula is C14H22N2O. The van der Waals surface area contributed by atoms with Crippen molar-refractivity contribution in [2.24, 2.45) is 5.92 Å². The maximum absolute atomic E-state index is 5.21. The highest BCUT2D eigenvalue weighted by Gasteiger charge is 2.29. The molecule has 0 saturated heterocycles. The molecule has 0 atom stereocenters. The number of rotatable bonds is 6. The molecule has 0 bridgehead atoms. The third-order valence-electron chi connectivity index (χ3n) is 3.05. The normalized spacial score (nSPS) is 15.6. The van der Waals surface area contributed by atoms with Gasteiger partial charge in [0.2, 0.25) is 0 Å². The van der Waals surface area contributed by atoms with Crippen molar-refractivity contribution in [3.63, 3.8) is 0 Å². The van der Waals surface area contributed by atoms with E-state index in [0.717, 1.165) is 18.3 Å². The average Bonchev–Trinajstić information content (AvgIpc) is 3.12. The summed E-state index contributed by atoms with van der Waals surface area (Å²) in [4.78, 5) is 6.79. The maximum Gasteiger partial charge on any atom is 0.137 e. The molecule has 1 aliphatic rings. The van der Waals surface area contributed by atoms with Crippen LogP contribution in [-0.4, -0.2) is 29.6 Å². The molecule has 1 heterocycles. The Balaban J connectivity index is 2.00. The Kier molecular flexibility index (Phi) is 4.00. The number of ether oxygens (including phenoxy) is 1. The second kappa shape index (κ2) is 5.50. The monoisotopic (exact) mass is 234 g/mol. The van der Waals surface area contributed by atoms with E-state index in [2.05, 4.69) is 29.8 Å². The Morgan fingerprint density at radius 3 is 2.76 bits per heavy atom. The van der Waals surface area contributed by atoms with Gasteiger partial charge >= 0.3 is 0 Å². The summed E-state index contributed by atoms with van der Waals surface area (Å²) in [5, 5.41) is 0. The highest BCUT2D eigenvalue weighted by molar-refractivity contribution is 5.23. The van der Waals surface area contributed by atoms with Crippen molar-refractivity contribution in [1.29, 1.82) is 0 Å². The molecule has 0 radical (unpaired) electrons. The summed E-state index contributed by atoms with van der Waals surface area (Å²) in [7, 11) is 1.69. The molecule has 0 amide bonds. The van der Waals surface area contributed by atoms with Gasteiger partial charge in [-0.25, -0.2) is 0 Å². The number of pyridine rings is 1. The molecule has 3 nitrogen and oxygen atoms in total. The summed E-state index contributed by atoms with van der Waals surface area (Å²) in [6, 6.07) is 2.88. The van der Waals surface area contributed by atoms with Gasteiger partial charge < -0.3 is 4.74 Å². The van der Waals surface area contributed by atoms with Gasteiger partial charge in [0.25, 0.3) is 0 Å². The fraction of sp³-hybridized carbons (Fsp3) is 0.643. The third-order valence-corrected chi connectivity index (χ3v) is 3.05. The van der Waals surface area contributed by atoms with E-state index in [1.54, 1.807) is 13.3 Å². The second-order valence-corrected chi connectivity index (χ2v) is 5.29. The quantitative estimate of drug-likeness (QED) is 0.756. The number of hydrogen-bond acceptors (Lipinski definition) is 3. The van der Waals surface area contributed by atoms with Gasteiger partial charge in [0.15, 0.2) is 0 Å². The summed E-state index contributed by atoms with van der Waals surface area (Å²) >= 11 is 0. The Morgan fingerprint density at radius 1 is 1.41 bits per heavy atom. The molecular weight excluding hydrogens is 212 g/mol. The van der Waals surface area contributed by atoms with Crippen LogP contribution in [0.25, 0.3) is 0 Å². The van der Waals surface area contributed by atoms with E-state index < -0.39 is 0 Å². The molecule has 2 rings (SSSR count). The molecule has 17 heavy (non-hydrogen) atoms. The average molecular weight is 234 g/mol. The summed E-state index contributed by atoms with van der Waals surface area (Å²) in [5.74, 6) is 1.57. The Hall–Kier alpha value is -1.09. The number of nitrogens with zero attached hydrogens (tertiary/aromatic N) is 2.